The van der Waals surface area contributed by atoms with Crippen molar-refractivity contribution in [1.82, 2.24) is 0 Å². The Kier molecular flexibility index (Phi) is 5.52. The van der Waals surface area contributed by atoms with E-state index < -0.39 is 14.9 Å². The van der Waals surface area contributed by atoms with Crippen molar-refractivity contribution in [3.05, 3.63) is 33.3 Å². The number of para-hydroxylation sites is 1. The number of nitrogens with two attached hydrogens (primary N) is 1. The Morgan fingerprint density at radius 2 is 2.05 bits per heavy atom. The number of unbranched alkanes of at least 4 members (excludes halogenated alkanes) is 1. The van der Waals surface area contributed by atoms with Crippen molar-refractivity contribution in [3.8, 4) is 5.75 Å². The number of primary sulfonamides is 1. The molecule has 1 aromatic rings. The smallest absolute Gasteiger partial charge is 0.312 e. The molecule has 1 rings (SSSR count). The van der Waals surface area contributed by atoms with Gasteiger partial charge in [-0.25, -0.2) is 13.6 Å². The van der Waals surface area contributed by atoms with Crippen LogP contribution in [-0.4, -0.2) is 25.7 Å². The predicted octanol–water partition coefficient (Wildman–Crippen LogP) is 1.70. The van der Waals surface area contributed by atoms with Crippen molar-refractivity contribution in [2.45, 2.75) is 12.8 Å². The molecule has 0 aliphatic rings. The summed E-state index contributed by atoms with van der Waals surface area (Å²) in [7, 11) is -3.49. The van der Waals surface area contributed by atoms with Gasteiger partial charge in [0.15, 0.2) is 0 Å². The first-order chi connectivity index (χ1) is 8.81. The maximum atomic E-state index is 10.8. The average molecular weight is 309 g/mol. The molecular weight excluding hydrogens is 296 g/mol. The van der Waals surface area contributed by atoms with Crippen LogP contribution in [0.5, 0.6) is 5.75 Å². The number of nitro benzene ring substituents is 1. The van der Waals surface area contributed by atoms with Gasteiger partial charge in [0.05, 0.1) is 22.3 Å². The fraction of sp³-hybridized carbons (Fsp3) is 0.400. The van der Waals surface area contributed by atoms with Gasteiger partial charge in [0.25, 0.3) is 0 Å². The van der Waals surface area contributed by atoms with Crippen molar-refractivity contribution >= 4 is 27.3 Å². The monoisotopic (exact) mass is 308 g/mol. The number of hydrogen-bond donors (Lipinski definition) is 1. The molecule has 0 unspecified atom stereocenters. The standard InChI is InChI=1S/C10H13ClN2O5S/c11-8-4-3-5-9(13(14)15)10(8)18-6-1-2-7-19(12,16)17/h3-5H,1-2,6-7H2,(H2,12,16,17). The minimum Gasteiger partial charge on any atom is -0.486 e. The second-order valence-electron chi connectivity index (χ2n) is 3.77. The lowest BCUT2D eigenvalue weighted by atomic mass is 10.3. The van der Waals surface area contributed by atoms with Crippen LogP contribution < -0.4 is 9.88 Å². The lowest BCUT2D eigenvalue weighted by Crippen LogP contribution is -2.16. The molecule has 0 heterocycles. The zero-order chi connectivity index (χ0) is 14.5. The number of hydrogen-bond acceptors (Lipinski definition) is 5. The molecule has 0 atom stereocenters. The van der Waals surface area contributed by atoms with Gasteiger partial charge >= 0.3 is 5.69 Å². The summed E-state index contributed by atoms with van der Waals surface area (Å²) in [5.41, 5.74) is -0.223. The van der Waals surface area contributed by atoms with E-state index in [4.69, 9.17) is 21.5 Å². The van der Waals surface area contributed by atoms with E-state index in [1.165, 1.54) is 18.2 Å². The number of sulfonamides is 1. The molecular formula is C10H13ClN2O5S. The highest BCUT2D eigenvalue weighted by molar-refractivity contribution is 7.89. The molecule has 0 fully saturated rings. The third-order valence-corrected chi connectivity index (χ3v) is 3.37. The van der Waals surface area contributed by atoms with Crippen molar-refractivity contribution in [2.75, 3.05) is 12.4 Å². The van der Waals surface area contributed by atoms with E-state index in [0.29, 0.717) is 12.8 Å². The summed E-state index contributed by atoms with van der Waals surface area (Å²) in [6, 6.07) is 4.22. The van der Waals surface area contributed by atoms with Crippen LogP contribution in [0.1, 0.15) is 12.8 Å². The Balaban J connectivity index is 2.56. The van der Waals surface area contributed by atoms with Crippen LogP contribution >= 0.6 is 11.6 Å². The summed E-state index contributed by atoms with van der Waals surface area (Å²) >= 11 is 5.81. The zero-order valence-corrected chi connectivity index (χ0v) is 11.5. The van der Waals surface area contributed by atoms with Crippen LogP contribution in [-0.2, 0) is 10.0 Å². The molecule has 7 nitrogen and oxygen atoms in total. The van der Waals surface area contributed by atoms with Gasteiger partial charge in [-0.3, -0.25) is 10.1 Å². The Morgan fingerprint density at radius 3 is 2.63 bits per heavy atom. The van der Waals surface area contributed by atoms with Gasteiger partial charge in [-0.05, 0) is 18.9 Å². The van der Waals surface area contributed by atoms with Crippen molar-refractivity contribution in [3.63, 3.8) is 0 Å². The van der Waals surface area contributed by atoms with Crippen LogP contribution in [0, 0.1) is 10.1 Å². The minimum atomic E-state index is -3.49. The molecule has 0 spiro atoms. The van der Waals surface area contributed by atoms with E-state index in [9.17, 15) is 18.5 Å². The molecule has 0 saturated carbocycles. The highest BCUT2D eigenvalue weighted by Crippen LogP contribution is 2.34. The third kappa shape index (κ3) is 5.41. The van der Waals surface area contributed by atoms with E-state index in [-0.39, 0.29) is 28.8 Å². The fourth-order valence-electron chi connectivity index (χ4n) is 1.36. The van der Waals surface area contributed by atoms with Gasteiger partial charge in [0, 0.05) is 6.07 Å². The summed E-state index contributed by atoms with van der Waals surface area (Å²) < 4.78 is 26.6. The van der Waals surface area contributed by atoms with Gasteiger partial charge in [0.1, 0.15) is 0 Å². The van der Waals surface area contributed by atoms with E-state index in [2.05, 4.69) is 0 Å². The highest BCUT2D eigenvalue weighted by Gasteiger charge is 2.17. The second-order valence-corrected chi connectivity index (χ2v) is 5.91. The van der Waals surface area contributed by atoms with Crippen molar-refractivity contribution in [1.29, 1.82) is 0 Å². The van der Waals surface area contributed by atoms with Crippen LogP contribution in [0.2, 0.25) is 5.02 Å². The van der Waals surface area contributed by atoms with E-state index in [0.717, 1.165) is 0 Å². The zero-order valence-electron chi connectivity index (χ0n) is 9.91. The molecule has 0 amide bonds. The molecule has 0 aromatic heterocycles. The first kappa shape index (κ1) is 15.7. The molecule has 19 heavy (non-hydrogen) atoms. The topological polar surface area (TPSA) is 113 Å². The number of rotatable bonds is 7. The number of nitrogens with zero attached hydrogens (tertiary/aromatic N) is 1. The van der Waals surface area contributed by atoms with Crippen LogP contribution in [0.15, 0.2) is 18.2 Å². The molecule has 0 radical (unpaired) electrons. The maximum absolute atomic E-state index is 10.8. The molecule has 0 aliphatic heterocycles. The number of halogens is 1. The molecule has 9 heteroatoms. The molecule has 0 aliphatic carbocycles. The first-order valence-electron chi connectivity index (χ1n) is 5.37. The Hall–Kier alpha value is -1.38. The van der Waals surface area contributed by atoms with Gasteiger partial charge in [-0.15, -0.1) is 0 Å². The van der Waals surface area contributed by atoms with E-state index in [1.807, 2.05) is 0 Å². The molecule has 1 aromatic carbocycles. The normalized spacial score (nSPS) is 11.3. The van der Waals surface area contributed by atoms with Crippen LogP contribution in [0.4, 0.5) is 5.69 Å². The summed E-state index contributed by atoms with van der Waals surface area (Å²) in [4.78, 5) is 10.2. The molecule has 2 N–H and O–H groups in total. The van der Waals surface area contributed by atoms with Crippen LogP contribution in [0.3, 0.4) is 0 Å². The SMILES string of the molecule is NS(=O)(=O)CCCCOc1c(Cl)cccc1[N+](=O)[O-]. The van der Waals surface area contributed by atoms with E-state index in [1.54, 1.807) is 0 Å². The summed E-state index contributed by atoms with van der Waals surface area (Å²) in [6.07, 6.45) is 0.718. The highest BCUT2D eigenvalue weighted by atomic mass is 35.5. The minimum absolute atomic E-state index is 0.00947. The maximum Gasteiger partial charge on any atom is 0.312 e. The Morgan fingerprint density at radius 1 is 1.37 bits per heavy atom. The Labute approximate surface area is 115 Å². The summed E-state index contributed by atoms with van der Waals surface area (Å²) in [5, 5.41) is 15.7. The van der Waals surface area contributed by atoms with E-state index >= 15 is 0 Å². The fourth-order valence-corrected chi connectivity index (χ4v) is 2.19. The summed E-state index contributed by atoms with van der Waals surface area (Å²) in [5.74, 6) is -0.161. The van der Waals surface area contributed by atoms with Gasteiger partial charge in [0.2, 0.25) is 15.8 Å². The van der Waals surface area contributed by atoms with Gasteiger partial charge in [-0.1, -0.05) is 17.7 Å². The Bertz CT molecular complexity index is 561. The molecule has 106 valence electrons. The largest absolute Gasteiger partial charge is 0.486 e. The lowest BCUT2D eigenvalue weighted by molar-refractivity contribution is -0.385. The average Bonchev–Trinajstić information content (AvgIpc) is 2.28. The number of ether oxygens (including phenoxy) is 1. The number of nitro groups is 1. The predicted molar refractivity (Wildman–Crippen MR) is 70.8 cm³/mol. The van der Waals surface area contributed by atoms with Gasteiger partial charge < -0.3 is 4.74 Å². The molecule has 0 bridgehead atoms. The van der Waals surface area contributed by atoms with Crippen molar-refractivity contribution in [2.24, 2.45) is 5.14 Å². The first-order valence-corrected chi connectivity index (χ1v) is 7.47. The second kappa shape index (κ2) is 6.69. The van der Waals surface area contributed by atoms with Crippen molar-refractivity contribution < 1.29 is 18.1 Å². The summed E-state index contributed by atoms with van der Waals surface area (Å²) in [6.45, 7) is 0.125. The molecule has 0 saturated heterocycles. The van der Waals surface area contributed by atoms with Gasteiger partial charge in [-0.2, -0.15) is 0 Å². The lowest BCUT2D eigenvalue weighted by Gasteiger charge is -2.07. The van der Waals surface area contributed by atoms with Crippen LogP contribution in [0.25, 0.3) is 0 Å². The quantitative estimate of drug-likeness (QED) is 0.468. The third-order valence-electron chi connectivity index (χ3n) is 2.21. The number of benzene rings is 1.